The molecule has 0 aliphatic carbocycles. The largest absolute Gasteiger partial charge is 0.470 e. The average molecular weight is 456 g/mol. The highest BCUT2D eigenvalue weighted by Gasteiger charge is 2.12. The molecule has 0 aliphatic rings. The van der Waals surface area contributed by atoms with Crippen LogP contribution in [0.15, 0.2) is 67.0 Å². The van der Waals surface area contributed by atoms with Crippen molar-refractivity contribution in [1.82, 2.24) is 19.6 Å². The molecule has 0 saturated heterocycles. The summed E-state index contributed by atoms with van der Waals surface area (Å²) in [5.41, 5.74) is 2.58. The molecule has 1 amide bonds. The summed E-state index contributed by atoms with van der Waals surface area (Å²) >= 11 is 12.0. The van der Waals surface area contributed by atoms with Gasteiger partial charge in [-0.05, 0) is 36.8 Å². The molecular formula is C22H19Cl2N5O2. The molecule has 2 heterocycles. The van der Waals surface area contributed by atoms with Gasteiger partial charge in [0.1, 0.15) is 5.75 Å². The lowest BCUT2D eigenvalue weighted by Crippen LogP contribution is -2.15. The van der Waals surface area contributed by atoms with Crippen LogP contribution in [0, 0.1) is 6.92 Å². The molecule has 31 heavy (non-hydrogen) atoms. The Kier molecular flexibility index (Phi) is 6.25. The zero-order valence-corrected chi connectivity index (χ0v) is 18.1. The van der Waals surface area contributed by atoms with Crippen LogP contribution < -0.4 is 10.1 Å². The van der Waals surface area contributed by atoms with Gasteiger partial charge in [-0.1, -0.05) is 53.0 Å². The standard InChI is InChI=1S/C22H19Cl2N5O2/c1-15-3-2-4-16(11-15)13-28-10-8-21(27-28)25-22(30)19-7-9-29(26-19)14-31-20-6-5-17(23)12-18(20)24/h2-12H,13-14H2,1H3,(H,25,27,30). The first-order chi connectivity index (χ1) is 15.0. The van der Waals surface area contributed by atoms with Gasteiger partial charge in [0.2, 0.25) is 0 Å². The Bertz CT molecular complexity index is 1220. The number of carbonyl (C=O) groups excluding carboxylic acids is 1. The third kappa shape index (κ3) is 5.45. The highest BCUT2D eigenvalue weighted by molar-refractivity contribution is 6.35. The number of nitrogens with one attached hydrogen (secondary N) is 1. The third-order valence-electron chi connectivity index (χ3n) is 4.43. The number of hydrogen-bond donors (Lipinski definition) is 1. The van der Waals surface area contributed by atoms with E-state index < -0.39 is 0 Å². The minimum Gasteiger partial charge on any atom is -0.470 e. The summed E-state index contributed by atoms with van der Waals surface area (Å²) in [6.07, 6.45) is 3.47. The van der Waals surface area contributed by atoms with Crippen LogP contribution in [-0.2, 0) is 13.3 Å². The van der Waals surface area contributed by atoms with E-state index in [-0.39, 0.29) is 18.3 Å². The van der Waals surface area contributed by atoms with Crippen molar-refractivity contribution in [3.63, 3.8) is 0 Å². The predicted molar refractivity (Wildman–Crippen MR) is 120 cm³/mol. The van der Waals surface area contributed by atoms with Crippen molar-refractivity contribution >= 4 is 34.9 Å². The van der Waals surface area contributed by atoms with Crippen molar-refractivity contribution in [2.75, 3.05) is 5.32 Å². The Labute approximate surface area is 189 Å². The van der Waals surface area contributed by atoms with Crippen LogP contribution in [-0.4, -0.2) is 25.5 Å². The third-order valence-corrected chi connectivity index (χ3v) is 4.96. The molecule has 0 atom stereocenters. The number of nitrogens with zero attached hydrogens (tertiary/aromatic N) is 4. The number of amides is 1. The summed E-state index contributed by atoms with van der Waals surface area (Å²) in [5.74, 6) is 0.576. The summed E-state index contributed by atoms with van der Waals surface area (Å²) in [6, 6.07) is 16.5. The first kappa shape index (κ1) is 21.0. The summed E-state index contributed by atoms with van der Waals surface area (Å²) in [7, 11) is 0. The number of anilines is 1. The van der Waals surface area contributed by atoms with Gasteiger partial charge in [0.05, 0.1) is 11.6 Å². The fourth-order valence-corrected chi connectivity index (χ4v) is 3.44. The Morgan fingerprint density at radius 1 is 1.03 bits per heavy atom. The van der Waals surface area contributed by atoms with Gasteiger partial charge in [0.15, 0.2) is 18.2 Å². The molecule has 2 aromatic heterocycles. The number of ether oxygens (including phenoxy) is 1. The van der Waals surface area contributed by atoms with Crippen LogP contribution in [0.25, 0.3) is 0 Å². The molecule has 158 valence electrons. The maximum absolute atomic E-state index is 12.5. The zero-order chi connectivity index (χ0) is 21.8. The van der Waals surface area contributed by atoms with Gasteiger partial charge >= 0.3 is 0 Å². The van der Waals surface area contributed by atoms with Crippen molar-refractivity contribution < 1.29 is 9.53 Å². The van der Waals surface area contributed by atoms with E-state index in [1.807, 2.05) is 31.3 Å². The Morgan fingerprint density at radius 3 is 2.68 bits per heavy atom. The number of aryl methyl sites for hydroxylation is 1. The second-order valence-electron chi connectivity index (χ2n) is 6.93. The summed E-state index contributed by atoms with van der Waals surface area (Å²) in [6.45, 7) is 2.77. The number of carbonyl (C=O) groups is 1. The number of rotatable bonds is 7. The van der Waals surface area contributed by atoms with Gasteiger partial charge in [0, 0.05) is 23.5 Å². The quantitative estimate of drug-likeness (QED) is 0.423. The van der Waals surface area contributed by atoms with Crippen molar-refractivity contribution in [1.29, 1.82) is 0 Å². The molecule has 7 nitrogen and oxygen atoms in total. The van der Waals surface area contributed by atoms with Gasteiger partial charge in [-0.2, -0.15) is 10.2 Å². The Morgan fingerprint density at radius 2 is 1.87 bits per heavy atom. The van der Waals surface area contributed by atoms with Crippen LogP contribution in [0.2, 0.25) is 10.0 Å². The predicted octanol–water partition coefficient (Wildman–Crippen LogP) is 5.03. The highest BCUT2D eigenvalue weighted by Crippen LogP contribution is 2.27. The average Bonchev–Trinajstić information content (AvgIpc) is 3.37. The minimum absolute atomic E-state index is 0.0970. The molecule has 2 aromatic carbocycles. The Balaban J connectivity index is 1.34. The van der Waals surface area contributed by atoms with E-state index in [2.05, 4.69) is 21.6 Å². The lowest BCUT2D eigenvalue weighted by atomic mass is 10.1. The van der Waals surface area contributed by atoms with Crippen LogP contribution in [0.5, 0.6) is 5.75 Å². The smallest absolute Gasteiger partial charge is 0.277 e. The van der Waals surface area contributed by atoms with Crippen molar-refractivity contribution in [3.8, 4) is 5.75 Å². The molecule has 4 aromatic rings. The fourth-order valence-electron chi connectivity index (χ4n) is 2.98. The van der Waals surface area contributed by atoms with Crippen LogP contribution in [0.4, 0.5) is 5.82 Å². The number of hydrogen-bond acceptors (Lipinski definition) is 4. The summed E-state index contributed by atoms with van der Waals surface area (Å²) in [4.78, 5) is 12.5. The maximum atomic E-state index is 12.5. The SMILES string of the molecule is Cc1cccc(Cn2ccc(NC(=O)c3ccn(COc4ccc(Cl)cc4Cl)n3)n2)c1. The molecule has 1 N–H and O–H groups in total. The molecule has 0 unspecified atom stereocenters. The molecule has 0 spiro atoms. The monoisotopic (exact) mass is 455 g/mol. The lowest BCUT2D eigenvalue weighted by molar-refractivity contribution is 0.101. The molecular weight excluding hydrogens is 437 g/mol. The zero-order valence-electron chi connectivity index (χ0n) is 16.6. The lowest BCUT2D eigenvalue weighted by Gasteiger charge is -2.08. The number of halogens is 2. The van der Waals surface area contributed by atoms with Crippen LogP contribution in [0.1, 0.15) is 21.6 Å². The minimum atomic E-state index is -0.357. The second-order valence-corrected chi connectivity index (χ2v) is 7.77. The van der Waals surface area contributed by atoms with Gasteiger partial charge in [-0.25, -0.2) is 4.68 Å². The van der Waals surface area contributed by atoms with Crippen molar-refractivity contribution in [2.45, 2.75) is 20.2 Å². The summed E-state index contributed by atoms with van der Waals surface area (Å²) < 4.78 is 8.89. The molecule has 9 heteroatoms. The normalized spacial score (nSPS) is 10.8. The first-order valence-corrected chi connectivity index (χ1v) is 10.2. The second kappa shape index (κ2) is 9.24. The molecule has 0 saturated carbocycles. The number of aromatic nitrogens is 4. The maximum Gasteiger partial charge on any atom is 0.277 e. The molecule has 0 aliphatic heterocycles. The van der Waals surface area contributed by atoms with Crippen molar-refractivity contribution in [3.05, 3.63) is 93.9 Å². The number of benzene rings is 2. The first-order valence-electron chi connectivity index (χ1n) is 9.48. The van der Waals surface area contributed by atoms with E-state index in [1.165, 1.54) is 10.2 Å². The van der Waals surface area contributed by atoms with E-state index >= 15 is 0 Å². The molecule has 4 rings (SSSR count). The van der Waals surface area contributed by atoms with Gasteiger partial charge in [-0.3, -0.25) is 9.48 Å². The van der Waals surface area contributed by atoms with Gasteiger partial charge in [-0.15, -0.1) is 0 Å². The van der Waals surface area contributed by atoms with E-state index in [0.29, 0.717) is 28.2 Å². The highest BCUT2D eigenvalue weighted by atomic mass is 35.5. The van der Waals surface area contributed by atoms with Crippen LogP contribution >= 0.6 is 23.2 Å². The molecule has 0 bridgehead atoms. The van der Waals surface area contributed by atoms with E-state index in [1.54, 1.807) is 41.2 Å². The molecule has 0 fully saturated rings. The van der Waals surface area contributed by atoms with Gasteiger partial charge < -0.3 is 10.1 Å². The fraction of sp³-hybridized carbons (Fsp3) is 0.136. The topological polar surface area (TPSA) is 74.0 Å². The Hall–Kier alpha value is -3.29. The van der Waals surface area contributed by atoms with Crippen LogP contribution in [0.3, 0.4) is 0 Å². The van der Waals surface area contributed by atoms with E-state index in [4.69, 9.17) is 27.9 Å². The molecule has 0 radical (unpaired) electrons. The van der Waals surface area contributed by atoms with E-state index in [9.17, 15) is 4.79 Å². The summed E-state index contributed by atoms with van der Waals surface area (Å²) in [5, 5.41) is 12.3. The van der Waals surface area contributed by atoms with Gasteiger partial charge in [0.25, 0.3) is 5.91 Å². The van der Waals surface area contributed by atoms with Crippen molar-refractivity contribution in [2.24, 2.45) is 0 Å². The van der Waals surface area contributed by atoms with E-state index in [0.717, 1.165) is 5.56 Å².